The van der Waals surface area contributed by atoms with E-state index in [0.717, 1.165) is 29.8 Å². The van der Waals surface area contributed by atoms with Crippen LogP contribution in [0.3, 0.4) is 0 Å². The minimum atomic E-state index is 0.780. The molecule has 20 heavy (non-hydrogen) atoms. The molecule has 2 unspecified atom stereocenters. The minimum Gasteiger partial charge on any atom is -0.311 e. The van der Waals surface area contributed by atoms with Crippen LogP contribution >= 0.6 is 0 Å². The highest BCUT2D eigenvalue weighted by molar-refractivity contribution is 4.87. The van der Waals surface area contributed by atoms with Crippen molar-refractivity contribution in [1.82, 2.24) is 10.2 Å². The van der Waals surface area contributed by atoms with Gasteiger partial charge in [0.05, 0.1) is 0 Å². The SMILES string of the molecule is CC(C)CN1CCC(NC2CCCCC2C(C)C)CC1. The molecule has 0 spiro atoms. The summed E-state index contributed by atoms with van der Waals surface area (Å²) in [4.78, 5) is 2.66. The van der Waals surface area contributed by atoms with Crippen molar-refractivity contribution in [2.45, 2.75) is 78.3 Å². The summed E-state index contributed by atoms with van der Waals surface area (Å²) in [5, 5.41) is 4.04. The first-order valence-corrected chi connectivity index (χ1v) is 9.04. The van der Waals surface area contributed by atoms with Gasteiger partial charge in [-0.25, -0.2) is 0 Å². The third-order valence-electron chi connectivity index (χ3n) is 5.34. The lowest BCUT2D eigenvalue weighted by molar-refractivity contribution is 0.143. The summed E-state index contributed by atoms with van der Waals surface area (Å²) < 4.78 is 0. The van der Waals surface area contributed by atoms with Crippen LogP contribution in [0.2, 0.25) is 0 Å². The predicted molar refractivity (Wildman–Crippen MR) is 88.0 cm³/mol. The lowest BCUT2D eigenvalue weighted by Gasteiger charge is -2.40. The molecule has 2 aliphatic rings. The van der Waals surface area contributed by atoms with Crippen molar-refractivity contribution in [2.75, 3.05) is 19.6 Å². The van der Waals surface area contributed by atoms with Crippen LogP contribution in [0.25, 0.3) is 0 Å². The molecule has 1 aliphatic carbocycles. The van der Waals surface area contributed by atoms with Crippen LogP contribution in [-0.2, 0) is 0 Å². The van der Waals surface area contributed by atoms with Gasteiger partial charge in [-0.3, -0.25) is 0 Å². The van der Waals surface area contributed by atoms with Gasteiger partial charge in [0.25, 0.3) is 0 Å². The molecular formula is C18H36N2. The fourth-order valence-electron chi connectivity index (χ4n) is 4.27. The van der Waals surface area contributed by atoms with Gasteiger partial charge in [-0.2, -0.15) is 0 Å². The zero-order valence-corrected chi connectivity index (χ0v) is 14.2. The first-order chi connectivity index (χ1) is 9.56. The summed E-state index contributed by atoms with van der Waals surface area (Å²) in [7, 11) is 0. The van der Waals surface area contributed by atoms with E-state index in [2.05, 4.69) is 37.9 Å². The molecule has 1 saturated heterocycles. The first-order valence-electron chi connectivity index (χ1n) is 9.04. The van der Waals surface area contributed by atoms with Gasteiger partial charge in [0.15, 0.2) is 0 Å². The lowest BCUT2D eigenvalue weighted by atomic mass is 9.77. The van der Waals surface area contributed by atoms with E-state index in [9.17, 15) is 0 Å². The molecule has 118 valence electrons. The summed E-state index contributed by atoms with van der Waals surface area (Å²) in [6.45, 7) is 13.4. The van der Waals surface area contributed by atoms with Gasteiger partial charge < -0.3 is 10.2 Å². The Kier molecular flexibility index (Phi) is 6.35. The molecule has 2 rings (SSSR count). The Morgan fingerprint density at radius 2 is 1.60 bits per heavy atom. The minimum absolute atomic E-state index is 0.780. The number of likely N-dealkylation sites (tertiary alicyclic amines) is 1. The highest BCUT2D eigenvalue weighted by atomic mass is 15.1. The van der Waals surface area contributed by atoms with Crippen LogP contribution in [0.15, 0.2) is 0 Å². The maximum atomic E-state index is 4.04. The number of hydrogen-bond acceptors (Lipinski definition) is 2. The molecule has 1 heterocycles. The van der Waals surface area contributed by atoms with E-state index in [1.54, 1.807) is 0 Å². The molecule has 0 amide bonds. The molecular weight excluding hydrogens is 244 g/mol. The molecule has 0 aromatic rings. The third kappa shape index (κ3) is 4.73. The Morgan fingerprint density at radius 3 is 2.20 bits per heavy atom. The van der Waals surface area contributed by atoms with Crippen molar-refractivity contribution < 1.29 is 0 Å². The predicted octanol–water partition coefficient (Wildman–Crippen LogP) is 3.91. The van der Waals surface area contributed by atoms with Crippen LogP contribution < -0.4 is 5.32 Å². The summed E-state index contributed by atoms with van der Waals surface area (Å²) >= 11 is 0. The fourth-order valence-corrected chi connectivity index (χ4v) is 4.27. The molecule has 2 fully saturated rings. The highest BCUT2D eigenvalue weighted by Crippen LogP contribution is 2.31. The zero-order valence-electron chi connectivity index (χ0n) is 14.2. The quantitative estimate of drug-likeness (QED) is 0.821. The summed E-state index contributed by atoms with van der Waals surface area (Å²) in [6, 6.07) is 1.58. The van der Waals surface area contributed by atoms with Crippen molar-refractivity contribution >= 4 is 0 Å². The van der Waals surface area contributed by atoms with Crippen molar-refractivity contribution in [3.05, 3.63) is 0 Å². The topological polar surface area (TPSA) is 15.3 Å². The van der Waals surface area contributed by atoms with Crippen LogP contribution in [0.1, 0.15) is 66.2 Å². The van der Waals surface area contributed by atoms with E-state index < -0.39 is 0 Å². The monoisotopic (exact) mass is 280 g/mol. The average Bonchev–Trinajstić information content (AvgIpc) is 2.41. The van der Waals surface area contributed by atoms with Gasteiger partial charge >= 0.3 is 0 Å². The lowest BCUT2D eigenvalue weighted by Crippen LogP contribution is -2.50. The molecule has 2 heteroatoms. The molecule has 1 N–H and O–H groups in total. The van der Waals surface area contributed by atoms with Crippen molar-refractivity contribution in [3.63, 3.8) is 0 Å². The number of rotatable bonds is 5. The van der Waals surface area contributed by atoms with Gasteiger partial charge in [0.1, 0.15) is 0 Å². The molecule has 0 radical (unpaired) electrons. The number of hydrogen-bond donors (Lipinski definition) is 1. The molecule has 0 bridgehead atoms. The van der Waals surface area contributed by atoms with E-state index >= 15 is 0 Å². The van der Waals surface area contributed by atoms with Crippen LogP contribution in [-0.4, -0.2) is 36.6 Å². The zero-order chi connectivity index (χ0) is 14.5. The normalized spacial score (nSPS) is 30.3. The second-order valence-corrected chi connectivity index (χ2v) is 7.93. The van der Waals surface area contributed by atoms with E-state index in [1.165, 1.54) is 58.2 Å². The second kappa shape index (κ2) is 7.79. The largest absolute Gasteiger partial charge is 0.311 e. The Balaban J connectivity index is 1.76. The molecule has 0 aromatic carbocycles. The van der Waals surface area contributed by atoms with Crippen LogP contribution in [0.5, 0.6) is 0 Å². The Labute approximate surface area is 126 Å². The molecule has 0 aromatic heterocycles. The standard InChI is InChI=1S/C18H36N2/c1-14(2)13-20-11-9-16(10-12-20)19-18-8-6-5-7-17(18)15(3)4/h14-19H,5-13H2,1-4H3. The van der Waals surface area contributed by atoms with Gasteiger partial charge in [0, 0.05) is 18.6 Å². The number of piperidine rings is 1. The molecule has 1 saturated carbocycles. The van der Waals surface area contributed by atoms with Crippen molar-refractivity contribution in [1.29, 1.82) is 0 Å². The third-order valence-corrected chi connectivity index (χ3v) is 5.34. The summed E-state index contributed by atoms with van der Waals surface area (Å²) in [5.74, 6) is 2.56. The second-order valence-electron chi connectivity index (χ2n) is 7.93. The maximum Gasteiger partial charge on any atom is 0.0100 e. The van der Waals surface area contributed by atoms with E-state index in [-0.39, 0.29) is 0 Å². The van der Waals surface area contributed by atoms with E-state index in [4.69, 9.17) is 0 Å². The number of nitrogens with one attached hydrogen (secondary N) is 1. The Hall–Kier alpha value is -0.0800. The fraction of sp³-hybridized carbons (Fsp3) is 1.00. The van der Waals surface area contributed by atoms with Gasteiger partial charge in [0.2, 0.25) is 0 Å². The van der Waals surface area contributed by atoms with Crippen LogP contribution in [0.4, 0.5) is 0 Å². The van der Waals surface area contributed by atoms with Gasteiger partial charge in [-0.05, 0) is 56.5 Å². The first kappa shape index (κ1) is 16.3. The van der Waals surface area contributed by atoms with Crippen LogP contribution in [0, 0.1) is 17.8 Å². The van der Waals surface area contributed by atoms with E-state index in [1.807, 2.05) is 0 Å². The van der Waals surface area contributed by atoms with Gasteiger partial charge in [-0.15, -0.1) is 0 Å². The average molecular weight is 280 g/mol. The van der Waals surface area contributed by atoms with E-state index in [0.29, 0.717) is 0 Å². The Bertz CT molecular complexity index is 267. The Morgan fingerprint density at radius 1 is 0.950 bits per heavy atom. The van der Waals surface area contributed by atoms with Crippen molar-refractivity contribution in [2.24, 2.45) is 17.8 Å². The number of nitrogens with zero attached hydrogens (tertiary/aromatic N) is 1. The highest BCUT2D eigenvalue weighted by Gasteiger charge is 2.30. The summed E-state index contributed by atoms with van der Waals surface area (Å²) in [6.07, 6.45) is 8.46. The smallest absolute Gasteiger partial charge is 0.0100 e. The summed E-state index contributed by atoms with van der Waals surface area (Å²) in [5.41, 5.74) is 0. The molecule has 2 atom stereocenters. The van der Waals surface area contributed by atoms with Crippen molar-refractivity contribution in [3.8, 4) is 0 Å². The van der Waals surface area contributed by atoms with Gasteiger partial charge in [-0.1, -0.05) is 40.5 Å². The maximum absolute atomic E-state index is 4.04. The molecule has 2 nitrogen and oxygen atoms in total. The molecule has 1 aliphatic heterocycles.